The molecule has 1 amide bonds. The Balaban J connectivity index is 2.62. The Morgan fingerprint density at radius 3 is 2.33 bits per heavy atom. The van der Waals surface area contributed by atoms with Gasteiger partial charge in [-0.05, 0) is 12.8 Å². The summed E-state index contributed by atoms with van der Waals surface area (Å²) < 4.78 is 0. The lowest BCUT2D eigenvalue weighted by Gasteiger charge is -2.36. The van der Waals surface area contributed by atoms with Crippen LogP contribution in [0, 0.1) is 5.41 Å². The highest BCUT2D eigenvalue weighted by Crippen LogP contribution is 2.38. The van der Waals surface area contributed by atoms with Gasteiger partial charge in [-0.1, -0.05) is 26.2 Å². The van der Waals surface area contributed by atoms with Crippen LogP contribution in [0.15, 0.2) is 0 Å². The molecule has 0 aromatic rings. The second-order valence-corrected chi connectivity index (χ2v) is 4.02. The van der Waals surface area contributed by atoms with Crippen LogP contribution in [0.1, 0.15) is 39.0 Å². The number of amides is 1. The lowest BCUT2D eigenvalue weighted by atomic mass is 9.71. The second-order valence-electron chi connectivity index (χ2n) is 4.02. The molecule has 1 unspecified atom stereocenters. The van der Waals surface area contributed by atoms with E-state index in [4.69, 9.17) is 5.73 Å². The number of aliphatic hydroxyl groups excluding tert-OH is 1. The number of primary amides is 1. The van der Waals surface area contributed by atoms with Gasteiger partial charge >= 0.3 is 0 Å². The van der Waals surface area contributed by atoms with Gasteiger partial charge in [0, 0.05) is 5.41 Å². The Hall–Kier alpha value is -0.570. The molecule has 3 N–H and O–H groups in total. The fourth-order valence-corrected chi connectivity index (χ4v) is 1.98. The lowest BCUT2D eigenvalue weighted by molar-refractivity contribution is -0.134. The second kappa shape index (κ2) is 3.44. The number of hydrogen-bond acceptors (Lipinski definition) is 2. The molecule has 0 heterocycles. The van der Waals surface area contributed by atoms with Crippen molar-refractivity contribution in [3.8, 4) is 0 Å². The van der Waals surface area contributed by atoms with Crippen LogP contribution in [-0.4, -0.2) is 17.1 Å². The number of carbonyl (C=O) groups is 1. The first-order valence-corrected chi connectivity index (χ1v) is 4.54. The standard InChI is InChI=1S/C9H17NO2/c1-9(7(11)8(10)12)5-3-2-4-6-9/h7,11H,2-6H2,1H3,(H2,10,12). The number of hydrogen-bond donors (Lipinski definition) is 2. The minimum atomic E-state index is -0.960. The minimum absolute atomic E-state index is 0.260. The highest BCUT2D eigenvalue weighted by Gasteiger charge is 2.37. The molecule has 1 rings (SSSR count). The first-order valence-electron chi connectivity index (χ1n) is 4.54. The van der Waals surface area contributed by atoms with E-state index >= 15 is 0 Å². The molecule has 1 aliphatic carbocycles. The summed E-state index contributed by atoms with van der Waals surface area (Å²) in [6.45, 7) is 1.95. The first-order chi connectivity index (χ1) is 5.56. The molecular weight excluding hydrogens is 154 g/mol. The lowest BCUT2D eigenvalue weighted by Crippen LogP contribution is -2.43. The fourth-order valence-electron chi connectivity index (χ4n) is 1.98. The van der Waals surface area contributed by atoms with Crippen LogP contribution in [0.2, 0.25) is 0 Å². The Morgan fingerprint density at radius 2 is 1.92 bits per heavy atom. The van der Waals surface area contributed by atoms with Crippen molar-refractivity contribution in [1.29, 1.82) is 0 Å². The van der Waals surface area contributed by atoms with Gasteiger partial charge in [0.25, 0.3) is 0 Å². The molecule has 3 nitrogen and oxygen atoms in total. The van der Waals surface area contributed by atoms with Gasteiger partial charge in [0.2, 0.25) is 5.91 Å². The molecule has 70 valence electrons. The maximum atomic E-state index is 10.8. The Labute approximate surface area is 72.9 Å². The number of carbonyl (C=O) groups excluding carboxylic acids is 1. The average Bonchev–Trinajstić information content (AvgIpc) is 2.04. The van der Waals surface area contributed by atoms with Gasteiger partial charge in [0.15, 0.2) is 0 Å². The number of aliphatic hydroxyl groups is 1. The van der Waals surface area contributed by atoms with E-state index in [-0.39, 0.29) is 5.41 Å². The highest BCUT2D eigenvalue weighted by molar-refractivity contribution is 5.79. The predicted octanol–water partition coefficient (Wildman–Crippen LogP) is 0.803. The molecule has 12 heavy (non-hydrogen) atoms. The van der Waals surface area contributed by atoms with Crippen molar-refractivity contribution < 1.29 is 9.90 Å². The third-order valence-corrected chi connectivity index (χ3v) is 2.93. The van der Waals surface area contributed by atoms with Crippen molar-refractivity contribution in [3.05, 3.63) is 0 Å². The summed E-state index contributed by atoms with van der Waals surface area (Å²) >= 11 is 0. The minimum Gasteiger partial charge on any atom is -0.383 e. The van der Waals surface area contributed by atoms with Crippen molar-refractivity contribution in [2.24, 2.45) is 11.1 Å². The van der Waals surface area contributed by atoms with Gasteiger partial charge in [-0.15, -0.1) is 0 Å². The van der Waals surface area contributed by atoms with Crippen molar-refractivity contribution in [1.82, 2.24) is 0 Å². The topological polar surface area (TPSA) is 63.3 Å². The van der Waals surface area contributed by atoms with Gasteiger partial charge in [-0.3, -0.25) is 4.79 Å². The number of nitrogens with two attached hydrogens (primary N) is 1. The fraction of sp³-hybridized carbons (Fsp3) is 0.889. The average molecular weight is 171 g/mol. The Kier molecular flexibility index (Phi) is 2.73. The molecule has 1 aliphatic rings. The smallest absolute Gasteiger partial charge is 0.246 e. The summed E-state index contributed by atoms with van der Waals surface area (Å²) in [7, 11) is 0. The van der Waals surface area contributed by atoms with Gasteiger partial charge in [0.05, 0.1) is 0 Å². The maximum Gasteiger partial charge on any atom is 0.246 e. The monoisotopic (exact) mass is 171 g/mol. The van der Waals surface area contributed by atoms with Crippen LogP contribution in [-0.2, 0) is 4.79 Å². The molecule has 1 fully saturated rings. The van der Waals surface area contributed by atoms with Crippen molar-refractivity contribution in [2.75, 3.05) is 0 Å². The van der Waals surface area contributed by atoms with Crippen LogP contribution >= 0.6 is 0 Å². The zero-order valence-corrected chi connectivity index (χ0v) is 7.55. The van der Waals surface area contributed by atoms with Crippen molar-refractivity contribution in [3.63, 3.8) is 0 Å². The predicted molar refractivity (Wildman–Crippen MR) is 46.4 cm³/mol. The summed E-state index contributed by atoms with van der Waals surface area (Å²) in [6.07, 6.45) is 4.27. The normalized spacial score (nSPS) is 24.8. The zero-order chi connectivity index (χ0) is 9.19. The van der Waals surface area contributed by atoms with Gasteiger partial charge in [-0.2, -0.15) is 0 Å². The summed E-state index contributed by atoms with van der Waals surface area (Å²) in [5, 5.41) is 9.54. The molecular formula is C9H17NO2. The molecule has 0 aromatic heterocycles. The van der Waals surface area contributed by atoms with Crippen molar-refractivity contribution in [2.45, 2.75) is 45.1 Å². The van der Waals surface area contributed by atoms with E-state index < -0.39 is 12.0 Å². The summed E-state index contributed by atoms with van der Waals surface area (Å²) in [4.78, 5) is 10.8. The first kappa shape index (κ1) is 9.52. The third-order valence-electron chi connectivity index (χ3n) is 2.93. The summed E-state index contributed by atoms with van der Waals surface area (Å²) in [5.41, 5.74) is 4.80. The molecule has 0 bridgehead atoms. The van der Waals surface area contributed by atoms with Crippen molar-refractivity contribution >= 4 is 5.91 Å². The van der Waals surface area contributed by atoms with Gasteiger partial charge in [0.1, 0.15) is 6.10 Å². The van der Waals surface area contributed by atoms with Crippen LogP contribution in [0.25, 0.3) is 0 Å². The van der Waals surface area contributed by atoms with E-state index in [9.17, 15) is 9.90 Å². The van der Waals surface area contributed by atoms with Crippen LogP contribution in [0.5, 0.6) is 0 Å². The van der Waals surface area contributed by atoms with Crippen LogP contribution < -0.4 is 5.73 Å². The highest BCUT2D eigenvalue weighted by atomic mass is 16.3. The molecule has 1 atom stereocenters. The SMILES string of the molecule is CC1(C(O)C(N)=O)CCCCC1. The molecule has 0 radical (unpaired) electrons. The van der Waals surface area contributed by atoms with E-state index in [2.05, 4.69) is 0 Å². The Bertz CT molecular complexity index is 173. The molecule has 0 spiro atoms. The molecule has 0 saturated heterocycles. The Morgan fingerprint density at radius 1 is 1.42 bits per heavy atom. The van der Waals surface area contributed by atoms with Gasteiger partial charge in [-0.25, -0.2) is 0 Å². The quantitative estimate of drug-likeness (QED) is 0.645. The van der Waals surface area contributed by atoms with E-state index in [1.165, 1.54) is 6.42 Å². The zero-order valence-electron chi connectivity index (χ0n) is 7.55. The molecule has 3 heteroatoms. The third kappa shape index (κ3) is 1.78. The van der Waals surface area contributed by atoms with Gasteiger partial charge < -0.3 is 10.8 Å². The van der Waals surface area contributed by atoms with E-state index in [0.29, 0.717) is 0 Å². The van der Waals surface area contributed by atoms with E-state index in [1.54, 1.807) is 0 Å². The molecule has 0 aliphatic heterocycles. The maximum absolute atomic E-state index is 10.8. The van der Waals surface area contributed by atoms with Crippen LogP contribution in [0.3, 0.4) is 0 Å². The largest absolute Gasteiger partial charge is 0.383 e. The number of rotatable bonds is 2. The van der Waals surface area contributed by atoms with Crippen LogP contribution in [0.4, 0.5) is 0 Å². The molecule has 1 saturated carbocycles. The summed E-state index contributed by atoms with van der Waals surface area (Å²) in [5.74, 6) is -0.584. The summed E-state index contributed by atoms with van der Waals surface area (Å²) in [6, 6.07) is 0. The molecule has 0 aromatic carbocycles. The van der Waals surface area contributed by atoms with E-state index in [1.807, 2.05) is 6.92 Å². The van der Waals surface area contributed by atoms with E-state index in [0.717, 1.165) is 25.7 Å².